The molecule has 1 saturated carbocycles. The van der Waals surface area contributed by atoms with Gasteiger partial charge < -0.3 is 10.6 Å². The van der Waals surface area contributed by atoms with Gasteiger partial charge in [-0.05, 0) is 38.0 Å². The van der Waals surface area contributed by atoms with E-state index in [1.807, 2.05) is 25.1 Å². The topological polar surface area (TPSA) is 79.8 Å². The van der Waals surface area contributed by atoms with E-state index >= 15 is 0 Å². The number of hydrogen-bond donors (Lipinski definition) is 2. The van der Waals surface area contributed by atoms with E-state index in [1.54, 1.807) is 12.3 Å². The molecule has 0 radical (unpaired) electrons. The lowest BCUT2D eigenvalue weighted by Gasteiger charge is -2.23. The fourth-order valence-electron chi connectivity index (χ4n) is 2.94. The molecule has 1 aliphatic carbocycles. The van der Waals surface area contributed by atoms with E-state index < -0.39 is 0 Å². The molecule has 6 heteroatoms. The summed E-state index contributed by atoms with van der Waals surface area (Å²) in [5, 5.41) is 6.23. The lowest BCUT2D eigenvalue weighted by atomic mass is 9.96. The van der Waals surface area contributed by atoms with E-state index in [9.17, 15) is 4.79 Å². The molecule has 0 unspecified atom stereocenters. The molecule has 3 rings (SSSR count). The van der Waals surface area contributed by atoms with Crippen molar-refractivity contribution in [1.82, 2.24) is 20.3 Å². The number of pyridine rings is 1. The van der Waals surface area contributed by atoms with E-state index in [1.165, 1.54) is 19.3 Å². The van der Waals surface area contributed by atoms with Crippen molar-refractivity contribution in [3.05, 3.63) is 47.5 Å². The Balaban J connectivity index is 1.64. The molecule has 0 spiro atoms. The monoisotopic (exact) mass is 325 g/mol. The van der Waals surface area contributed by atoms with Crippen LogP contribution in [0.3, 0.4) is 0 Å². The maximum atomic E-state index is 12.4. The van der Waals surface area contributed by atoms with Crippen LogP contribution in [0.4, 0.5) is 5.95 Å². The highest BCUT2D eigenvalue weighted by molar-refractivity contribution is 5.92. The Morgan fingerprint density at radius 3 is 2.79 bits per heavy atom. The second kappa shape index (κ2) is 7.86. The third kappa shape index (κ3) is 4.50. The first kappa shape index (κ1) is 16.4. The minimum absolute atomic E-state index is 0.210. The number of nitrogens with one attached hydrogen (secondary N) is 2. The van der Waals surface area contributed by atoms with Crippen LogP contribution < -0.4 is 10.6 Å². The van der Waals surface area contributed by atoms with Gasteiger partial charge in [0.05, 0.1) is 12.2 Å². The van der Waals surface area contributed by atoms with Crippen molar-refractivity contribution in [2.24, 2.45) is 0 Å². The van der Waals surface area contributed by atoms with Crippen LogP contribution in [0.5, 0.6) is 0 Å². The Bertz CT molecular complexity index is 683. The van der Waals surface area contributed by atoms with Gasteiger partial charge in [-0.15, -0.1) is 0 Å². The third-order valence-corrected chi connectivity index (χ3v) is 4.18. The summed E-state index contributed by atoms with van der Waals surface area (Å²) in [5.41, 5.74) is 1.99. The molecule has 1 amide bonds. The molecule has 126 valence electrons. The molecule has 6 nitrogen and oxygen atoms in total. The second-order valence-corrected chi connectivity index (χ2v) is 6.20. The normalized spacial score (nSPS) is 15.0. The van der Waals surface area contributed by atoms with E-state index in [4.69, 9.17) is 0 Å². The van der Waals surface area contributed by atoms with Crippen molar-refractivity contribution >= 4 is 11.9 Å². The zero-order valence-corrected chi connectivity index (χ0v) is 14.0. The van der Waals surface area contributed by atoms with Gasteiger partial charge in [-0.1, -0.05) is 25.3 Å². The summed E-state index contributed by atoms with van der Waals surface area (Å²) in [6, 6.07) is 7.74. The second-order valence-electron chi connectivity index (χ2n) is 6.20. The number of aromatic nitrogens is 3. The molecule has 1 aliphatic rings. The number of hydrogen-bond acceptors (Lipinski definition) is 5. The average Bonchev–Trinajstić information content (AvgIpc) is 2.61. The number of carbonyl (C=O) groups excluding carboxylic acids is 1. The number of amides is 1. The third-order valence-electron chi connectivity index (χ3n) is 4.18. The van der Waals surface area contributed by atoms with Crippen LogP contribution in [-0.2, 0) is 6.54 Å². The Hall–Kier alpha value is -2.50. The zero-order valence-electron chi connectivity index (χ0n) is 14.0. The number of aryl methyl sites for hydroxylation is 1. The SMILES string of the molecule is Cc1cc(C(=O)NCc2ccccn2)nc(NC2CCCCC2)n1. The highest BCUT2D eigenvalue weighted by Crippen LogP contribution is 2.20. The van der Waals surface area contributed by atoms with Gasteiger partial charge in [0.15, 0.2) is 0 Å². The Morgan fingerprint density at radius 1 is 1.21 bits per heavy atom. The van der Waals surface area contributed by atoms with Crippen molar-refractivity contribution in [1.29, 1.82) is 0 Å². The van der Waals surface area contributed by atoms with Crippen LogP contribution in [0.1, 0.15) is 54.0 Å². The molecule has 2 aromatic heterocycles. The summed E-state index contributed by atoms with van der Waals surface area (Å²) in [7, 11) is 0. The summed E-state index contributed by atoms with van der Waals surface area (Å²) >= 11 is 0. The van der Waals surface area contributed by atoms with Gasteiger partial charge in [-0.3, -0.25) is 9.78 Å². The van der Waals surface area contributed by atoms with Crippen LogP contribution >= 0.6 is 0 Å². The van der Waals surface area contributed by atoms with Crippen LogP contribution in [0.25, 0.3) is 0 Å². The maximum absolute atomic E-state index is 12.4. The van der Waals surface area contributed by atoms with E-state index in [0.717, 1.165) is 24.2 Å². The summed E-state index contributed by atoms with van der Waals surface area (Å²) in [5.74, 6) is 0.336. The Morgan fingerprint density at radius 2 is 2.04 bits per heavy atom. The summed E-state index contributed by atoms with van der Waals surface area (Å²) in [6.45, 7) is 2.26. The molecule has 24 heavy (non-hydrogen) atoms. The van der Waals surface area contributed by atoms with Gasteiger partial charge >= 0.3 is 0 Å². The van der Waals surface area contributed by atoms with Gasteiger partial charge in [0.1, 0.15) is 5.69 Å². The van der Waals surface area contributed by atoms with E-state index in [2.05, 4.69) is 25.6 Å². The minimum atomic E-state index is -0.210. The largest absolute Gasteiger partial charge is 0.351 e. The van der Waals surface area contributed by atoms with Crippen LogP contribution in [0.15, 0.2) is 30.5 Å². The highest BCUT2D eigenvalue weighted by atomic mass is 16.1. The molecule has 0 bridgehead atoms. The number of rotatable bonds is 5. The van der Waals surface area contributed by atoms with E-state index in [0.29, 0.717) is 24.2 Å². The van der Waals surface area contributed by atoms with E-state index in [-0.39, 0.29) is 5.91 Å². The summed E-state index contributed by atoms with van der Waals surface area (Å²) in [4.78, 5) is 25.4. The van der Waals surface area contributed by atoms with Crippen LogP contribution in [-0.4, -0.2) is 26.9 Å². The molecule has 2 N–H and O–H groups in total. The van der Waals surface area contributed by atoms with Crippen molar-refractivity contribution in [3.63, 3.8) is 0 Å². The quantitative estimate of drug-likeness (QED) is 0.883. The molecular formula is C18H23N5O. The van der Waals surface area contributed by atoms with Crippen LogP contribution in [0.2, 0.25) is 0 Å². The molecule has 2 heterocycles. The Kier molecular flexibility index (Phi) is 5.36. The molecule has 1 fully saturated rings. The van der Waals surface area contributed by atoms with Crippen molar-refractivity contribution in [2.45, 2.75) is 51.6 Å². The molecule has 2 aromatic rings. The number of nitrogens with zero attached hydrogens (tertiary/aromatic N) is 3. The lowest BCUT2D eigenvalue weighted by molar-refractivity contribution is 0.0945. The fraction of sp³-hybridized carbons (Fsp3) is 0.444. The van der Waals surface area contributed by atoms with Gasteiger partial charge in [0, 0.05) is 17.9 Å². The van der Waals surface area contributed by atoms with Crippen LogP contribution in [0, 0.1) is 6.92 Å². The molecular weight excluding hydrogens is 302 g/mol. The maximum Gasteiger partial charge on any atom is 0.270 e. The first-order valence-electron chi connectivity index (χ1n) is 8.51. The first-order valence-corrected chi connectivity index (χ1v) is 8.51. The minimum Gasteiger partial charge on any atom is -0.351 e. The zero-order chi connectivity index (χ0) is 16.8. The predicted octanol–water partition coefficient (Wildman–Crippen LogP) is 2.85. The van der Waals surface area contributed by atoms with Crippen molar-refractivity contribution < 1.29 is 4.79 Å². The lowest BCUT2D eigenvalue weighted by Crippen LogP contribution is -2.27. The van der Waals surface area contributed by atoms with Gasteiger partial charge in [-0.25, -0.2) is 9.97 Å². The molecule has 0 aromatic carbocycles. The molecule has 0 saturated heterocycles. The van der Waals surface area contributed by atoms with Gasteiger partial charge in [0.25, 0.3) is 5.91 Å². The summed E-state index contributed by atoms with van der Waals surface area (Å²) in [6.07, 6.45) is 7.76. The van der Waals surface area contributed by atoms with Crippen molar-refractivity contribution in [2.75, 3.05) is 5.32 Å². The predicted molar refractivity (Wildman–Crippen MR) is 92.7 cm³/mol. The van der Waals surface area contributed by atoms with Crippen molar-refractivity contribution in [3.8, 4) is 0 Å². The molecule has 0 aliphatic heterocycles. The average molecular weight is 325 g/mol. The Labute approximate surface area is 142 Å². The number of carbonyl (C=O) groups is 1. The first-order chi connectivity index (χ1) is 11.7. The van der Waals surface area contributed by atoms with Gasteiger partial charge in [-0.2, -0.15) is 0 Å². The van der Waals surface area contributed by atoms with Gasteiger partial charge in [0.2, 0.25) is 5.95 Å². The molecule has 0 atom stereocenters. The fourth-order valence-corrected chi connectivity index (χ4v) is 2.94. The standard InChI is InChI=1S/C18H23N5O/c1-13-11-16(17(24)20-12-15-9-5-6-10-19-15)23-18(21-13)22-14-7-3-2-4-8-14/h5-6,9-11,14H,2-4,7-8,12H2,1H3,(H,20,24)(H,21,22,23). The highest BCUT2D eigenvalue weighted by Gasteiger charge is 2.16. The smallest absolute Gasteiger partial charge is 0.270 e. The number of anilines is 1. The summed E-state index contributed by atoms with van der Waals surface area (Å²) < 4.78 is 0.